The van der Waals surface area contributed by atoms with E-state index in [1.165, 1.54) is 13.2 Å². The van der Waals surface area contributed by atoms with Crippen molar-refractivity contribution in [2.45, 2.75) is 38.8 Å². The molecule has 130 valence electrons. The number of halogens is 1. The van der Waals surface area contributed by atoms with E-state index >= 15 is 0 Å². The van der Waals surface area contributed by atoms with Gasteiger partial charge >= 0.3 is 0 Å². The van der Waals surface area contributed by atoms with Crippen molar-refractivity contribution < 1.29 is 18.7 Å². The quantitative estimate of drug-likeness (QED) is 0.910. The summed E-state index contributed by atoms with van der Waals surface area (Å²) >= 11 is 0. The molecule has 1 saturated heterocycles. The number of aliphatic hydroxyl groups is 1. The summed E-state index contributed by atoms with van der Waals surface area (Å²) < 4.78 is 24.9. The topological polar surface area (TPSA) is 58.7 Å². The maximum Gasteiger partial charge on any atom is 0.229 e. The van der Waals surface area contributed by atoms with Gasteiger partial charge in [-0.2, -0.15) is 0 Å². The molecule has 24 heavy (non-hydrogen) atoms. The summed E-state index contributed by atoms with van der Waals surface area (Å²) in [7, 11) is 1.50. The summed E-state index contributed by atoms with van der Waals surface area (Å²) in [5, 5.41) is 9.53. The lowest BCUT2D eigenvalue weighted by Crippen LogP contribution is -2.41. The van der Waals surface area contributed by atoms with Crippen molar-refractivity contribution in [3.8, 4) is 17.2 Å². The minimum atomic E-state index is -0.423. The second-order valence-corrected chi connectivity index (χ2v) is 6.17. The van der Waals surface area contributed by atoms with Crippen molar-refractivity contribution in [3.63, 3.8) is 0 Å². The highest BCUT2D eigenvalue weighted by Gasteiger charge is 2.24. The molecular weight excluding hydrogens is 311 g/mol. The van der Waals surface area contributed by atoms with Crippen LogP contribution in [0.25, 0.3) is 11.5 Å². The maximum atomic E-state index is 14.2. The van der Waals surface area contributed by atoms with Crippen LogP contribution in [-0.4, -0.2) is 41.3 Å². The number of methoxy groups -OCH3 is 1. The van der Waals surface area contributed by atoms with E-state index in [-0.39, 0.29) is 18.5 Å². The smallest absolute Gasteiger partial charge is 0.229 e. The summed E-state index contributed by atoms with van der Waals surface area (Å²) in [4.78, 5) is 6.71. The van der Waals surface area contributed by atoms with Crippen LogP contribution in [0.2, 0.25) is 0 Å². The van der Waals surface area contributed by atoms with Crippen molar-refractivity contribution in [2.75, 3.05) is 20.3 Å². The van der Waals surface area contributed by atoms with Crippen LogP contribution < -0.4 is 4.74 Å². The molecule has 3 rings (SSSR count). The fraction of sp³-hybridized carbons (Fsp3) is 0.500. The highest BCUT2D eigenvalue weighted by Crippen LogP contribution is 2.28. The van der Waals surface area contributed by atoms with Crippen molar-refractivity contribution in [3.05, 3.63) is 35.5 Å². The molecule has 1 aliphatic rings. The van der Waals surface area contributed by atoms with E-state index in [1.807, 2.05) is 6.92 Å². The number of ether oxygens (including phenoxy) is 1. The fourth-order valence-corrected chi connectivity index (χ4v) is 3.15. The van der Waals surface area contributed by atoms with Gasteiger partial charge in [0.15, 0.2) is 0 Å². The highest BCUT2D eigenvalue weighted by atomic mass is 19.1. The standard InChI is InChI=1S/C18H23FN2O3/c1-12-17(10-21-8-4-3-5-13(21)11-22)20-18(24-12)15-7-6-14(23-2)9-16(15)19/h6-7,9,13,22H,3-5,8,10-11H2,1-2H3. The highest BCUT2D eigenvalue weighted by molar-refractivity contribution is 5.56. The third-order valence-electron chi connectivity index (χ3n) is 4.61. The summed E-state index contributed by atoms with van der Waals surface area (Å²) in [6.07, 6.45) is 3.25. The predicted molar refractivity (Wildman–Crippen MR) is 88.3 cm³/mol. The number of hydrogen-bond acceptors (Lipinski definition) is 5. The van der Waals surface area contributed by atoms with Gasteiger partial charge in [0.25, 0.3) is 0 Å². The Hall–Kier alpha value is -1.92. The number of piperidine rings is 1. The molecule has 0 radical (unpaired) electrons. The second kappa shape index (κ2) is 7.32. The molecule has 1 aliphatic heterocycles. The van der Waals surface area contributed by atoms with Gasteiger partial charge < -0.3 is 14.3 Å². The van der Waals surface area contributed by atoms with E-state index in [1.54, 1.807) is 12.1 Å². The molecule has 0 amide bonds. The molecule has 0 aliphatic carbocycles. The van der Waals surface area contributed by atoms with Crippen molar-refractivity contribution in [1.82, 2.24) is 9.88 Å². The van der Waals surface area contributed by atoms with Crippen LogP contribution in [0.1, 0.15) is 30.7 Å². The van der Waals surface area contributed by atoms with Gasteiger partial charge in [0, 0.05) is 18.7 Å². The van der Waals surface area contributed by atoms with E-state index in [9.17, 15) is 9.50 Å². The first-order valence-corrected chi connectivity index (χ1v) is 8.27. The summed E-state index contributed by atoms with van der Waals surface area (Å²) in [5.74, 6) is 0.995. The summed E-state index contributed by atoms with van der Waals surface area (Å²) in [5.41, 5.74) is 1.11. The molecule has 5 nitrogen and oxygen atoms in total. The molecule has 0 saturated carbocycles. The largest absolute Gasteiger partial charge is 0.497 e. The predicted octanol–water partition coefficient (Wildman–Crippen LogP) is 3.14. The number of aromatic nitrogens is 1. The van der Waals surface area contributed by atoms with Crippen LogP contribution in [0, 0.1) is 12.7 Å². The van der Waals surface area contributed by atoms with Crippen molar-refractivity contribution >= 4 is 0 Å². The molecule has 2 aromatic rings. The van der Waals surface area contributed by atoms with Crippen LogP contribution in [0.4, 0.5) is 4.39 Å². The summed E-state index contributed by atoms with van der Waals surface area (Å²) in [6, 6.07) is 4.78. The van der Waals surface area contributed by atoms with E-state index in [4.69, 9.17) is 9.15 Å². The molecule has 1 aromatic carbocycles. The van der Waals surface area contributed by atoms with Crippen LogP contribution in [0.15, 0.2) is 22.6 Å². The van der Waals surface area contributed by atoms with Crippen molar-refractivity contribution in [1.29, 1.82) is 0 Å². The van der Waals surface area contributed by atoms with Gasteiger partial charge in [0.1, 0.15) is 17.3 Å². The molecular formula is C18H23FN2O3. The Morgan fingerprint density at radius 3 is 2.96 bits per heavy atom. The molecule has 0 spiro atoms. The van der Waals surface area contributed by atoms with Gasteiger partial charge in [-0.3, -0.25) is 4.90 Å². The number of aryl methyl sites for hydroxylation is 1. The molecule has 1 fully saturated rings. The molecule has 6 heteroatoms. The summed E-state index contributed by atoms with van der Waals surface area (Å²) in [6.45, 7) is 3.53. The van der Waals surface area contributed by atoms with Gasteiger partial charge in [0.2, 0.25) is 5.89 Å². The Balaban J connectivity index is 1.82. The van der Waals surface area contributed by atoms with Gasteiger partial charge in [-0.1, -0.05) is 6.42 Å². The van der Waals surface area contributed by atoms with E-state index < -0.39 is 5.82 Å². The Morgan fingerprint density at radius 1 is 1.42 bits per heavy atom. The Kier molecular flexibility index (Phi) is 5.16. The van der Waals surface area contributed by atoms with Crippen molar-refractivity contribution in [2.24, 2.45) is 0 Å². The number of nitrogens with zero attached hydrogens (tertiary/aromatic N) is 2. The lowest BCUT2D eigenvalue weighted by atomic mass is 10.0. The lowest BCUT2D eigenvalue weighted by Gasteiger charge is -2.33. The first kappa shape index (κ1) is 16.9. The molecule has 2 heterocycles. The SMILES string of the molecule is COc1ccc(-c2nc(CN3CCCCC3CO)c(C)o2)c(F)c1. The number of rotatable bonds is 5. The monoisotopic (exact) mass is 334 g/mol. The van der Waals surface area contributed by atoms with Crippen LogP contribution in [-0.2, 0) is 6.54 Å². The number of benzene rings is 1. The number of oxazole rings is 1. The third-order valence-corrected chi connectivity index (χ3v) is 4.61. The molecule has 0 bridgehead atoms. The van der Waals surface area contributed by atoms with Gasteiger partial charge in [-0.15, -0.1) is 0 Å². The maximum absolute atomic E-state index is 14.2. The zero-order chi connectivity index (χ0) is 17.1. The lowest BCUT2D eigenvalue weighted by molar-refractivity contribution is 0.0828. The molecule has 1 atom stereocenters. The Labute approximate surface area is 141 Å². The van der Waals surface area contributed by atoms with Crippen LogP contribution >= 0.6 is 0 Å². The van der Waals surface area contributed by atoms with E-state index in [0.717, 1.165) is 31.5 Å². The number of likely N-dealkylation sites (tertiary alicyclic amines) is 1. The first-order valence-electron chi connectivity index (χ1n) is 8.27. The van der Waals surface area contributed by atoms with Gasteiger partial charge in [-0.05, 0) is 38.4 Å². The second-order valence-electron chi connectivity index (χ2n) is 6.17. The number of aliphatic hydroxyl groups excluding tert-OH is 1. The first-order chi connectivity index (χ1) is 11.6. The van der Waals surface area contributed by atoms with Gasteiger partial charge in [0.05, 0.1) is 25.0 Å². The minimum absolute atomic E-state index is 0.150. The average molecular weight is 334 g/mol. The molecule has 1 unspecified atom stereocenters. The normalized spacial score (nSPS) is 18.8. The van der Waals surface area contributed by atoms with E-state index in [2.05, 4.69) is 9.88 Å². The van der Waals surface area contributed by atoms with Crippen LogP contribution in [0.3, 0.4) is 0 Å². The molecule has 1 aromatic heterocycles. The Bertz CT molecular complexity index is 702. The van der Waals surface area contributed by atoms with Gasteiger partial charge in [-0.25, -0.2) is 9.37 Å². The zero-order valence-electron chi connectivity index (χ0n) is 14.1. The third kappa shape index (κ3) is 3.44. The van der Waals surface area contributed by atoms with E-state index in [0.29, 0.717) is 23.6 Å². The fourth-order valence-electron chi connectivity index (χ4n) is 3.15. The van der Waals surface area contributed by atoms with Crippen LogP contribution in [0.5, 0.6) is 5.75 Å². The minimum Gasteiger partial charge on any atom is -0.497 e. The molecule has 1 N–H and O–H groups in total. The number of hydrogen-bond donors (Lipinski definition) is 1. The average Bonchev–Trinajstić information content (AvgIpc) is 2.95. The Morgan fingerprint density at radius 2 is 2.25 bits per heavy atom. The zero-order valence-corrected chi connectivity index (χ0v) is 14.1.